The average Bonchev–Trinajstić information content (AvgIpc) is 1.57. The highest BCUT2D eigenvalue weighted by Crippen LogP contribution is 2.62. The van der Waals surface area contributed by atoms with Crippen LogP contribution in [-0.2, 0) is 21.7 Å². The van der Waals surface area contributed by atoms with E-state index in [2.05, 4.69) is 0 Å². The fourth-order valence-electron chi connectivity index (χ4n) is 8.97. The SMILES string of the molecule is [2H]c1oc2c3c(c([2H])c([2H])c2c1[2H])Oc1c([2H])c(N(c2c([2H])c([2H])c(C(C([2H])([2H])[2H])(C([2H])([2H])[2H])C([2H])([2H])[2H])c([2H])c2[2H])c2c([2H])c([2H])c(C(C([2H])([2H])[2H])(C([2H])([2H])[2H])C([2H])([2H])[2H])c([2H])c2[2H])c([2H])c2c1B3c1c([2H])c(C(C)(C)C)c([2H])c3c1N2C1(C)CCCCC31C. The molecule has 3 aliphatic heterocycles. The van der Waals surface area contributed by atoms with E-state index in [-0.39, 0.29) is 67.7 Å². The molecular formula is C52H57BN2O2. The molecule has 5 aromatic carbocycles. The molecule has 1 fully saturated rings. The van der Waals surface area contributed by atoms with Crippen molar-refractivity contribution in [3.63, 3.8) is 0 Å². The monoisotopic (exact) mass is 787 g/mol. The summed E-state index contributed by atoms with van der Waals surface area (Å²) >= 11 is 0. The lowest BCUT2D eigenvalue weighted by Gasteiger charge is -2.52. The minimum atomic E-state index is -4.30. The van der Waals surface area contributed by atoms with E-state index in [9.17, 15) is 19.2 Å². The Morgan fingerprint density at radius 2 is 1.33 bits per heavy atom. The lowest BCUT2D eigenvalue weighted by atomic mass is 9.33. The van der Waals surface area contributed by atoms with Gasteiger partial charge < -0.3 is 19.0 Å². The molecule has 0 saturated heterocycles. The fourth-order valence-corrected chi connectivity index (χ4v) is 8.97. The second kappa shape index (κ2) is 11.8. The van der Waals surface area contributed by atoms with Gasteiger partial charge in [-0.05, 0) is 118 Å². The summed E-state index contributed by atoms with van der Waals surface area (Å²) in [6, 6.07) is -18.4. The summed E-state index contributed by atoms with van der Waals surface area (Å²) in [6.07, 6.45) is 0.839. The Morgan fingerprint density at radius 1 is 0.684 bits per heavy atom. The third-order valence-electron chi connectivity index (χ3n) is 12.1. The van der Waals surface area contributed by atoms with Crippen LogP contribution in [0.1, 0.15) is 170 Å². The third-order valence-corrected chi connectivity index (χ3v) is 12.1. The summed E-state index contributed by atoms with van der Waals surface area (Å²) in [7, 11) is 0. The van der Waals surface area contributed by atoms with Crippen LogP contribution >= 0.6 is 0 Å². The van der Waals surface area contributed by atoms with Gasteiger partial charge in [0, 0.05) is 69.7 Å². The highest BCUT2D eigenvalue weighted by atomic mass is 16.5. The lowest BCUT2D eigenvalue weighted by Crippen LogP contribution is -2.63. The lowest BCUT2D eigenvalue weighted by molar-refractivity contribution is 0.195. The molecule has 1 aliphatic carbocycles. The van der Waals surface area contributed by atoms with Crippen LogP contribution in [0.25, 0.3) is 11.0 Å². The van der Waals surface area contributed by atoms with Crippen LogP contribution in [0.15, 0.2) is 101 Å². The summed E-state index contributed by atoms with van der Waals surface area (Å²) < 4.78 is 321. The molecule has 10 rings (SSSR count). The van der Waals surface area contributed by atoms with Gasteiger partial charge in [-0.15, -0.1) is 0 Å². The number of ether oxygens (including phenoxy) is 1. The molecule has 2 unspecified atom stereocenters. The molecule has 290 valence electrons. The van der Waals surface area contributed by atoms with Gasteiger partial charge in [-0.25, -0.2) is 0 Å². The van der Waals surface area contributed by atoms with Gasteiger partial charge in [0.1, 0.15) is 18.5 Å². The van der Waals surface area contributed by atoms with Crippen molar-refractivity contribution < 1.29 is 55.8 Å². The van der Waals surface area contributed by atoms with E-state index in [1.165, 1.54) is 0 Å². The first-order chi connectivity index (χ1) is 41.1. The maximum atomic E-state index is 10.8. The summed E-state index contributed by atoms with van der Waals surface area (Å²) in [4.78, 5) is 1.83. The van der Waals surface area contributed by atoms with Crippen LogP contribution in [0.2, 0.25) is 0 Å². The standard InChI is InChI=1S/C52H57BN2O2/c1-48(2,3)33-15-19-36(20-16-33)54(37-21-17-34(18-22-37)49(4,5)6)38-30-41-44-43(31-38)57-42-23-14-32-24-27-56-47(32)45(42)53(44)40-29-35(50(7,8)9)28-39-46(40)55(41)52(11)26-13-12-25-51(39,52)10/h14-24,27-31H,12-13,25-26H2,1-11H3/i1D3,2D3,3D3,4D3,5D3,6D3,14D,15D,16D,17D,18D,19D,20D,21D,22D,23D,24D,27D,28D,29D,30D,31D. The summed E-state index contributed by atoms with van der Waals surface area (Å²) in [5.41, 5.74) is -20.0. The van der Waals surface area contributed by atoms with E-state index in [4.69, 9.17) is 36.6 Å². The number of furan rings is 1. The highest BCUT2D eigenvalue weighted by molar-refractivity contribution is 7.00. The van der Waals surface area contributed by atoms with Crippen molar-refractivity contribution in [3.8, 4) is 11.5 Å². The highest BCUT2D eigenvalue weighted by Gasteiger charge is 2.61. The molecule has 6 aromatic rings. The molecule has 5 heteroatoms. The van der Waals surface area contributed by atoms with E-state index >= 15 is 0 Å². The van der Waals surface area contributed by atoms with E-state index in [0.717, 1.165) is 0 Å². The molecule has 0 bridgehead atoms. The number of anilines is 5. The normalized spacial score (nSPS) is 30.8. The van der Waals surface area contributed by atoms with E-state index in [0.29, 0.717) is 24.8 Å². The Hall–Kier alpha value is -4.90. The van der Waals surface area contributed by atoms with Crippen LogP contribution in [0, 0.1) is 0 Å². The fraction of sp³-hybridized carbons (Fsp3) is 0.385. The molecular weight excluding hydrogens is 695 g/mol. The largest absolute Gasteiger partial charge is 0.465 e. The van der Waals surface area contributed by atoms with Crippen molar-refractivity contribution in [3.05, 3.63) is 119 Å². The molecule has 0 radical (unpaired) electrons. The number of hydrogen-bond donors (Lipinski definition) is 0. The quantitative estimate of drug-likeness (QED) is 0.167. The maximum Gasteiger partial charge on any atom is 0.261 e. The molecule has 0 N–H and O–H groups in total. The van der Waals surface area contributed by atoms with Crippen molar-refractivity contribution >= 4 is 62.5 Å². The van der Waals surface area contributed by atoms with Gasteiger partial charge in [0.2, 0.25) is 0 Å². The van der Waals surface area contributed by atoms with Gasteiger partial charge in [-0.3, -0.25) is 0 Å². The number of hydrogen-bond acceptors (Lipinski definition) is 4. The zero-order valence-corrected chi connectivity index (χ0v) is 31.6. The minimum Gasteiger partial charge on any atom is -0.465 e. The molecule has 2 atom stereocenters. The van der Waals surface area contributed by atoms with Crippen LogP contribution in [0.3, 0.4) is 0 Å². The van der Waals surface area contributed by atoms with Crippen molar-refractivity contribution in [1.82, 2.24) is 0 Å². The first-order valence-electron chi connectivity index (χ1n) is 35.5. The molecule has 4 nitrogen and oxygen atoms in total. The summed E-state index contributed by atoms with van der Waals surface area (Å²) in [6.45, 7) is -18.2. The van der Waals surface area contributed by atoms with Crippen molar-refractivity contribution in [2.45, 2.75) is 129 Å². The van der Waals surface area contributed by atoms with Gasteiger partial charge in [-0.1, -0.05) is 118 Å². The molecule has 0 spiro atoms. The molecule has 4 heterocycles. The second-order valence-corrected chi connectivity index (χ2v) is 16.7. The number of rotatable bonds is 3. The zero-order valence-electron chi connectivity index (χ0n) is 65.6. The number of benzene rings is 5. The van der Waals surface area contributed by atoms with Crippen LogP contribution < -0.4 is 30.9 Å². The third kappa shape index (κ3) is 5.19. The van der Waals surface area contributed by atoms with Crippen molar-refractivity contribution in [1.29, 1.82) is 0 Å². The van der Waals surface area contributed by atoms with Gasteiger partial charge in [0.05, 0.1) is 38.0 Å². The average molecular weight is 787 g/mol. The predicted octanol–water partition coefficient (Wildman–Crippen LogP) is 12.5. The Morgan fingerprint density at radius 3 is 1.96 bits per heavy atom. The Bertz CT molecular complexity index is 3950. The first-order valence-corrected chi connectivity index (χ1v) is 18.5. The molecule has 1 saturated carbocycles. The van der Waals surface area contributed by atoms with E-state index in [1.807, 2.05) is 6.92 Å². The Labute approximate surface area is 388 Å². The topological polar surface area (TPSA) is 28.9 Å². The zero-order chi connectivity index (χ0) is 68.9. The summed E-state index contributed by atoms with van der Waals surface area (Å²) in [5, 5.41) is -0.355. The Kier molecular flexibility index (Phi) is 3.12. The Balaban J connectivity index is 1.50. The van der Waals surface area contributed by atoms with Gasteiger partial charge >= 0.3 is 0 Å². The first kappa shape index (κ1) is 15.0. The van der Waals surface area contributed by atoms with Crippen LogP contribution in [0.5, 0.6) is 11.5 Å². The van der Waals surface area contributed by atoms with Crippen LogP contribution in [0.4, 0.5) is 28.4 Å². The molecule has 57 heavy (non-hydrogen) atoms. The number of fused-ring (bicyclic) bond motifs is 9. The van der Waals surface area contributed by atoms with Crippen molar-refractivity contribution in [2.24, 2.45) is 0 Å². The predicted molar refractivity (Wildman–Crippen MR) is 241 cm³/mol. The van der Waals surface area contributed by atoms with Gasteiger partial charge in [0.15, 0.2) is 0 Å². The molecule has 4 aliphatic rings. The molecule has 0 amide bonds. The van der Waals surface area contributed by atoms with E-state index < -0.39 is 200 Å². The summed E-state index contributed by atoms with van der Waals surface area (Å²) in [5.74, 6) is -1.37. The van der Waals surface area contributed by atoms with E-state index in [1.54, 1.807) is 32.6 Å². The number of nitrogens with zero attached hydrogens (tertiary/aromatic N) is 2. The smallest absolute Gasteiger partial charge is 0.261 e. The maximum absolute atomic E-state index is 10.8. The minimum absolute atomic E-state index is 0.0789. The second-order valence-electron chi connectivity index (χ2n) is 16.7. The van der Waals surface area contributed by atoms with Gasteiger partial charge in [-0.2, -0.15) is 0 Å². The van der Waals surface area contributed by atoms with Crippen molar-refractivity contribution in [2.75, 3.05) is 9.80 Å². The molecule has 1 aromatic heterocycles. The van der Waals surface area contributed by atoms with Crippen LogP contribution in [-0.4, -0.2) is 12.3 Å². The van der Waals surface area contributed by atoms with Gasteiger partial charge in [0.25, 0.3) is 6.71 Å².